The highest BCUT2D eigenvalue weighted by Crippen LogP contribution is 2.26. The molecule has 0 unspecified atom stereocenters. The van der Waals surface area contributed by atoms with Crippen LogP contribution in [-0.4, -0.2) is 32.2 Å². The monoisotopic (exact) mass is 332 g/mol. The SMILES string of the molecule is CN(Cn1nc2sc3ccccc3n2c1=S)C1CCCCC1. The van der Waals surface area contributed by atoms with Crippen molar-refractivity contribution < 1.29 is 0 Å². The van der Waals surface area contributed by atoms with E-state index in [1.807, 2.05) is 4.68 Å². The molecule has 0 bridgehead atoms. The van der Waals surface area contributed by atoms with Crippen LogP contribution < -0.4 is 0 Å². The second-order valence-electron chi connectivity index (χ2n) is 6.16. The molecule has 1 saturated carbocycles. The number of thiazole rings is 1. The Balaban J connectivity index is 1.67. The Kier molecular flexibility index (Phi) is 3.76. The van der Waals surface area contributed by atoms with Crippen LogP contribution >= 0.6 is 23.6 Å². The lowest BCUT2D eigenvalue weighted by atomic mass is 9.95. The molecule has 4 rings (SSSR count). The van der Waals surface area contributed by atoms with Gasteiger partial charge in [0.05, 0.1) is 16.9 Å². The van der Waals surface area contributed by atoms with Gasteiger partial charge in [0.2, 0.25) is 9.73 Å². The molecule has 0 saturated heterocycles. The lowest BCUT2D eigenvalue weighted by Gasteiger charge is -2.30. The second-order valence-corrected chi connectivity index (χ2v) is 7.53. The van der Waals surface area contributed by atoms with Crippen molar-refractivity contribution >= 4 is 38.7 Å². The summed E-state index contributed by atoms with van der Waals surface area (Å²) in [6.45, 7) is 0.784. The zero-order chi connectivity index (χ0) is 15.1. The van der Waals surface area contributed by atoms with Crippen LogP contribution in [0.1, 0.15) is 32.1 Å². The minimum absolute atomic E-state index is 0.673. The molecular weight excluding hydrogens is 312 g/mol. The predicted molar refractivity (Wildman–Crippen MR) is 94.0 cm³/mol. The van der Waals surface area contributed by atoms with E-state index in [1.165, 1.54) is 42.3 Å². The van der Waals surface area contributed by atoms with Crippen LogP contribution in [0.25, 0.3) is 15.2 Å². The first kappa shape index (κ1) is 14.4. The van der Waals surface area contributed by atoms with Crippen LogP contribution in [0, 0.1) is 4.77 Å². The van der Waals surface area contributed by atoms with Crippen molar-refractivity contribution in [1.29, 1.82) is 0 Å². The average Bonchev–Trinajstić information content (AvgIpc) is 3.05. The Bertz CT molecular complexity index is 854. The summed E-state index contributed by atoms with van der Waals surface area (Å²) in [6, 6.07) is 9.04. The van der Waals surface area contributed by atoms with Gasteiger partial charge in [-0.25, -0.2) is 4.68 Å². The summed E-state index contributed by atoms with van der Waals surface area (Å²) in [5.74, 6) is 0. The molecule has 0 spiro atoms. The normalized spacial score (nSPS) is 17.0. The van der Waals surface area contributed by atoms with E-state index in [9.17, 15) is 0 Å². The Morgan fingerprint density at radius 2 is 2.05 bits per heavy atom. The van der Waals surface area contributed by atoms with Gasteiger partial charge in [-0.2, -0.15) is 0 Å². The van der Waals surface area contributed by atoms with E-state index in [0.29, 0.717) is 6.04 Å². The summed E-state index contributed by atoms with van der Waals surface area (Å²) >= 11 is 7.38. The van der Waals surface area contributed by atoms with Crippen molar-refractivity contribution in [1.82, 2.24) is 19.1 Å². The van der Waals surface area contributed by atoms with Gasteiger partial charge < -0.3 is 0 Å². The van der Waals surface area contributed by atoms with E-state index < -0.39 is 0 Å². The van der Waals surface area contributed by atoms with Gasteiger partial charge in [0.25, 0.3) is 0 Å². The Morgan fingerprint density at radius 3 is 2.86 bits per heavy atom. The molecule has 0 amide bonds. The largest absolute Gasteiger partial charge is 0.284 e. The number of hydrogen-bond donors (Lipinski definition) is 0. The molecule has 1 aromatic carbocycles. The summed E-state index contributed by atoms with van der Waals surface area (Å²) in [4.78, 5) is 3.40. The Labute approximate surface area is 139 Å². The summed E-state index contributed by atoms with van der Waals surface area (Å²) < 4.78 is 6.12. The molecule has 116 valence electrons. The minimum Gasteiger partial charge on any atom is -0.284 e. The quantitative estimate of drug-likeness (QED) is 0.669. The van der Waals surface area contributed by atoms with Crippen molar-refractivity contribution in [2.75, 3.05) is 7.05 Å². The van der Waals surface area contributed by atoms with Gasteiger partial charge in [-0.3, -0.25) is 9.30 Å². The fourth-order valence-electron chi connectivity index (χ4n) is 3.43. The zero-order valence-corrected chi connectivity index (χ0v) is 14.4. The van der Waals surface area contributed by atoms with Crippen LogP contribution in [0.15, 0.2) is 24.3 Å². The standard InChI is InChI=1S/C16H20N4S2/c1-18(12-7-3-2-4-8-12)11-19-16(21)20-13-9-5-6-10-14(13)22-15(20)17-19/h5-6,9-10,12H,2-4,7-8,11H2,1H3. The molecule has 0 aliphatic heterocycles. The predicted octanol–water partition coefficient (Wildman–Crippen LogP) is 4.30. The molecule has 1 aliphatic rings. The average molecular weight is 332 g/mol. The fourth-order valence-corrected chi connectivity index (χ4v) is 4.79. The molecule has 2 heterocycles. The number of para-hydroxylation sites is 1. The van der Waals surface area contributed by atoms with E-state index in [1.54, 1.807) is 11.3 Å². The minimum atomic E-state index is 0.673. The van der Waals surface area contributed by atoms with Crippen molar-refractivity contribution in [3.8, 4) is 0 Å². The number of fused-ring (bicyclic) bond motifs is 3. The summed E-state index contributed by atoms with van der Waals surface area (Å²) in [7, 11) is 2.20. The Morgan fingerprint density at radius 1 is 1.27 bits per heavy atom. The number of aromatic nitrogens is 3. The van der Waals surface area contributed by atoms with Gasteiger partial charge in [0.1, 0.15) is 0 Å². The van der Waals surface area contributed by atoms with Crippen molar-refractivity contribution in [3.05, 3.63) is 29.0 Å². The maximum atomic E-state index is 5.67. The van der Waals surface area contributed by atoms with Crippen LogP contribution in [0.2, 0.25) is 0 Å². The second kappa shape index (κ2) is 5.76. The summed E-state index contributed by atoms with van der Waals surface area (Å²) in [6.07, 6.45) is 6.69. The van der Waals surface area contributed by atoms with Crippen LogP contribution in [0.4, 0.5) is 0 Å². The molecule has 1 aliphatic carbocycles. The third-order valence-electron chi connectivity index (χ3n) is 4.67. The molecule has 0 N–H and O–H groups in total. The molecule has 0 radical (unpaired) electrons. The summed E-state index contributed by atoms with van der Waals surface area (Å²) in [5, 5.41) is 4.74. The first-order valence-electron chi connectivity index (χ1n) is 7.91. The molecule has 22 heavy (non-hydrogen) atoms. The van der Waals surface area contributed by atoms with Crippen molar-refractivity contribution in [3.63, 3.8) is 0 Å². The molecular formula is C16H20N4S2. The number of rotatable bonds is 3. The van der Waals surface area contributed by atoms with Gasteiger partial charge in [-0.15, -0.1) is 5.10 Å². The molecule has 3 aromatic rings. The van der Waals surface area contributed by atoms with E-state index in [4.69, 9.17) is 17.3 Å². The highest BCUT2D eigenvalue weighted by Gasteiger charge is 2.19. The van der Waals surface area contributed by atoms with Crippen LogP contribution in [0.5, 0.6) is 0 Å². The van der Waals surface area contributed by atoms with Crippen LogP contribution in [-0.2, 0) is 6.67 Å². The van der Waals surface area contributed by atoms with E-state index in [2.05, 4.69) is 40.6 Å². The Hall–Kier alpha value is -1.24. The van der Waals surface area contributed by atoms with Gasteiger partial charge in [-0.05, 0) is 44.2 Å². The van der Waals surface area contributed by atoms with E-state index in [-0.39, 0.29) is 0 Å². The topological polar surface area (TPSA) is 25.5 Å². The third-order valence-corrected chi connectivity index (χ3v) is 6.08. The molecule has 4 nitrogen and oxygen atoms in total. The maximum Gasteiger partial charge on any atom is 0.216 e. The molecule has 1 fully saturated rings. The van der Waals surface area contributed by atoms with Gasteiger partial charge in [0, 0.05) is 6.04 Å². The highest BCUT2D eigenvalue weighted by atomic mass is 32.1. The molecule has 2 aromatic heterocycles. The number of nitrogens with zero attached hydrogens (tertiary/aromatic N) is 4. The molecule has 6 heteroatoms. The lowest BCUT2D eigenvalue weighted by molar-refractivity contribution is 0.146. The molecule has 0 atom stereocenters. The van der Waals surface area contributed by atoms with Gasteiger partial charge in [-0.1, -0.05) is 42.7 Å². The number of hydrogen-bond acceptors (Lipinski definition) is 4. The first-order valence-corrected chi connectivity index (χ1v) is 9.14. The van der Waals surface area contributed by atoms with Crippen molar-refractivity contribution in [2.45, 2.75) is 44.8 Å². The maximum absolute atomic E-state index is 5.67. The summed E-state index contributed by atoms with van der Waals surface area (Å²) in [5.41, 5.74) is 1.17. The third kappa shape index (κ3) is 2.39. The zero-order valence-electron chi connectivity index (χ0n) is 12.7. The van der Waals surface area contributed by atoms with Gasteiger partial charge >= 0.3 is 0 Å². The lowest BCUT2D eigenvalue weighted by Crippen LogP contribution is -2.35. The smallest absolute Gasteiger partial charge is 0.216 e. The van der Waals surface area contributed by atoms with E-state index in [0.717, 1.165) is 16.4 Å². The van der Waals surface area contributed by atoms with Gasteiger partial charge in [0.15, 0.2) is 0 Å². The fraction of sp³-hybridized carbons (Fsp3) is 0.500. The van der Waals surface area contributed by atoms with E-state index >= 15 is 0 Å². The highest BCUT2D eigenvalue weighted by molar-refractivity contribution is 7.71. The first-order chi connectivity index (χ1) is 10.7. The van der Waals surface area contributed by atoms with Crippen LogP contribution in [0.3, 0.4) is 0 Å². The number of benzene rings is 1. The van der Waals surface area contributed by atoms with Crippen molar-refractivity contribution in [2.24, 2.45) is 0 Å².